The van der Waals surface area contributed by atoms with Gasteiger partial charge in [-0.1, -0.05) is 56.0 Å². The van der Waals surface area contributed by atoms with Gasteiger partial charge >= 0.3 is 0 Å². The molecule has 0 aromatic heterocycles. The number of carbonyl (C=O) groups excluding carboxylic acids is 1. The first kappa shape index (κ1) is 17.7. The maximum absolute atomic E-state index is 12.2. The van der Waals surface area contributed by atoms with E-state index < -0.39 is 0 Å². The van der Waals surface area contributed by atoms with Crippen molar-refractivity contribution in [2.24, 2.45) is 5.41 Å². The van der Waals surface area contributed by atoms with E-state index >= 15 is 0 Å². The van der Waals surface area contributed by atoms with Crippen LogP contribution in [-0.4, -0.2) is 12.5 Å². The summed E-state index contributed by atoms with van der Waals surface area (Å²) in [5.41, 5.74) is 0.824. The van der Waals surface area contributed by atoms with Gasteiger partial charge in [-0.3, -0.25) is 4.79 Å². The minimum absolute atomic E-state index is 0.0204. The fourth-order valence-corrected chi connectivity index (χ4v) is 3.26. The van der Waals surface area contributed by atoms with Crippen molar-refractivity contribution >= 4 is 37.8 Å². The van der Waals surface area contributed by atoms with Crippen LogP contribution in [0.25, 0.3) is 0 Å². The molecule has 0 aliphatic carbocycles. The number of hydrogen-bond acceptors (Lipinski definition) is 1. The third-order valence-corrected chi connectivity index (χ3v) is 4.51. The third kappa shape index (κ3) is 5.96. The number of carbonyl (C=O) groups is 1. The van der Waals surface area contributed by atoms with Gasteiger partial charge < -0.3 is 5.32 Å². The molecule has 0 unspecified atom stereocenters. The maximum Gasteiger partial charge on any atom is 0.252 e. The SMILES string of the molecule is CCCCCC(C)(C)CNC(=O)c1ccc(Br)cc1Br. The average Bonchev–Trinajstić information content (AvgIpc) is 2.36. The van der Waals surface area contributed by atoms with E-state index in [1.807, 2.05) is 18.2 Å². The van der Waals surface area contributed by atoms with Gasteiger partial charge in [0.25, 0.3) is 5.91 Å². The van der Waals surface area contributed by atoms with Gasteiger partial charge in [0.2, 0.25) is 0 Å². The minimum atomic E-state index is -0.0204. The van der Waals surface area contributed by atoms with E-state index in [-0.39, 0.29) is 11.3 Å². The molecule has 2 nitrogen and oxygen atoms in total. The Kier molecular flexibility index (Phi) is 7.24. The van der Waals surface area contributed by atoms with Gasteiger partial charge in [0.05, 0.1) is 5.56 Å². The van der Waals surface area contributed by atoms with Gasteiger partial charge in [0, 0.05) is 15.5 Å². The summed E-state index contributed by atoms with van der Waals surface area (Å²) in [5, 5.41) is 3.04. The first-order valence-corrected chi connectivity index (χ1v) is 8.67. The highest BCUT2D eigenvalue weighted by Crippen LogP contribution is 2.24. The van der Waals surface area contributed by atoms with E-state index in [0.717, 1.165) is 15.4 Å². The Bertz CT molecular complexity index is 458. The van der Waals surface area contributed by atoms with E-state index in [2.05, 4.69) is 57.9 Å². The molecular formula is C16H23Br2NO. The molecule has 1 rings (SSSR count). The molecule has 0 aliphatic heterocycles. The Morgan fingerprint density at radius 1 is 1.25 bits per heavy atom. The second-order valence-electron chi connectivity index (χ2n) is 5.93. The number of amides is 1. The fourth-order valence-electron chi connectivity index (χ4n) is 2.03. The van der Waals surface area contributed by atoms with Crippen molar-refractivity contribution in [3.63, 3.8) is 0 Å². The van der Waals surface area contributed by atoms with E-state index in [1.54, 1.807) is 0 Å². The smallest absolute Gasteiger partial charge is 0.252 e. The quantitative estimate of drug-likeness (QED) is 0.593. The molecule has 0 heterocycles. The van der Waals surface area contributed by atoms with Crippen molar-refractivity contribution in [2.75, 3.05) is 6.54 Å². The molecule has 1 N–H and O–H groups in total. The summed E-state index contributed by atoms with van der Waals surface area (Å²) in [7, 11) is 0. The number of halogens is 2. The van der Waals surface area contributed by atoms with Crippen LogP contribution in [0.4, 0.5) is 0 Å². The van der Waals surface area contributed by atoms with Crippen molar-refractivity contribution in [1.29, 1.82) is 0 Å². The zero-order valence-corrected chi connectivity index (χ0v) is 15.6. The van der Waals surface area contributed by atoms with Crippen LogP contribution in [0.2, 0.25) is 0 Å². The Balaban J connectivity index is 2.54. The predicted octanol–water partition coefficient (Wildman–Crippen LogP) is 5.55. The molecule has 0 fully saturated rings. The molecule has 0 aliphatic rings. The average molecular weight is 405 g/mol. The van der Waals surface area contributed by atoms with Gasteiger partial charge in [-0.2, -0.15) is 0 Å². The Morgan fingerprint density at radius 3 is 2.55 bits per heavy atom. The largest absolute Gasteiger partial charge is 0.351 e. The van der Waals surface area contributed by atoms with Crippen molar-refractivity contribution in [3.8, 4) is 0 Å². The molecule has 0 atom stereocenters. The van der Waals surface area contributed by atoms with Crippen LogP contribution in [0.3, 0.4) is 0 Å². The summed E-state index contributed by atoms with van der Waals surface area (Å²) in [6.07, 6.45) is 4.86. The second-order valence-corrected chi connectivity index (χ2v) is 7.70. The minimum Gasteiger partial charge on any atom is -0.351 e. The highest BCUT2D eigenvalue weighted by atomic mass is 79.9. The Hall–Kier alpha value is -0.350. The van der Waals surface area contributed by atoms with Crippen molar-refractivity contribution in [2.45, 2.75) is 46.5 Å². The molecule has 0 spiro atoms. The molecule has 1 aromatic carbocycles. The summed E-state index contributed by atoms with van der Waals surface area (Å²) < 4.78 is 1.77. The zero-order chi connectivity index (χ0) is 15.2. The molecule has 0 saturated heterocycles. The zero-order valence-electron chi connectivity index (χ0n) is 12.4. The molecule has 112 valence electrons. The molecule has 1 amide bonds. The van der Waals surface area contributed by atoms with Crippen molar-refractivity contribution in [1.82, 2.24) is 5.32 Å². The molecule has 0 saturated carbocycles. The van der Waals surface area contributed by atoms with Crippen LogP contribution < -0.4 is 5.32 Å². The van der Waals surface area contributed by atoms with Crippen LogP contribution in [0.1, 0.15) is 56.8 Å². The highest BCUT2D eigenvalue weighted by Gasteiger charge is 2.19. The monoisotopic (exact) mass is 403 g/mol. The molecule has 20 heavy (non-hydrogen) atoms. The van der Waals surface area contributed by atoms with Gasteiger partial charge in [0.15, 0.2) is 0 Å². The summed E-state index contributed by atoms with van der Waals surface area (Å²) >= 11 is 6.82. The van der Waals surface area contributed by atoms with E-state index in [1.165, 1.54) is 19.3 Å². The molecule has 4 heteroatoms. The lowest BCUT2D eigenvalue weighted by molar-refractivity contribution is 0.0933. The van der Waals surface area contributed by atoms with Crippen LogP contribution in [0.15, 0.2) is 27.1 Å². The first-order valence-electron chi connectivity index (χ1n) is 7.09. The standard InChI is InChI=1S/C16H23Br2NO/c1-4-5-6-9-16(2,3)11-19-15(20)13-8-7-12(17)10-14(13)18/h7-8,10H,4-6,9,11H2,1-3H3,(H,19,20). The lowest BCUT2D eigenvalue weighted by Gasteiger charge is -2.25. The number of nitrogens with one attached hydrogen (secondary N) is 1. The fraction of sp³-hybridized carbons (Fsp3) is 0.562. The summed E-state index contributed by atoms with van der Waals surface area (Å²) in [6.45, 7) is 7.33. The number of hydrogen-bond donors (Lipinski definition) is 1. The molecule has 0 bridgehead atoms. The van der Waals surface area contributed by atoms with Crippen molar-refractivity contribution in [3.05, 3.63) is 32.7 Å². The van der Waals surface area contributed by atoms with Gasteiger partial charge in [-0.05, 0) is 46.0 Å². The van der Waals surface area contributed by atoms with Crippen LogP contribution in [-0.2, 0) is 0 Å². The lowest BCUT2D eigenvalue weighted by Crippen LogP contribution is -2.34. The normalized spacial score (nSPS) is 11.4. The van der Waals surface area contributed by atoms with Crippen LogP contribution >= 0.6 is 31.9 Å². The Morgan fingerprint density at radius 2 is 1.95 bits per heavy atom. The molecule has 0 radical (unpaired) electrons. The maximum atomic E-state index is 12.2. The number of rotatable bonds is 7. The lowest BCUT2D eigenvalue weighted by atomic mass is 9.87. The first-order chi connectivity index (χ1) is 9.35. The topological polar surface area (TPSA) is 29.1 Å². The third-order valence-electron chi connectivity index (χ3n) is 3.36. The van der Waals surface area contributed by atoms with E-state index in [9.17, 15) is 4.79 Å². The van der Waals surface area contributed by atoms with E-state index in [0.29, 0.717) is 12.1 Å². The number of benzene rings is 1. The van der Waals surface area contributed by atoms with Crippen LogP contribution in [0, 0.1) is 5.41 Å². The molecular weight excluding hydrogens is 382 g/mol. The van der Waals surface area contributed by atoms with Gasteiger partial charge in [-0.15, -0.1) is 0 Å². The summed E-state index contributed by atoms with van der Waals surface area (Å²) in [5.74, 6) is -0.0204. The molecule has 1 aromatic rings. The highest BCUT2D eigenvalue weighted by molar-refractivity contribution is 9.11. The Labute approximate surface area is 139 Å². The number of unbranched alkanes of at least 4 members (excludes halogenated alkanes) is 2. The van der Waals surface area contributed by atoms with Crippen molar-refractivity contribution < 1.29 is 4.79 Å². The van der Waals surface area contributed by atoms with E-state index in [4.69, 9.17) is 0 Å². The van der Waals surface area contributed by atoms with Gasteiger partial charge in [0.1, 0.15) is 0 Å². The second kappa shape index (κ2) is 8.18. The summed E-state index contributed by atoms with van der Waals surface area (Å²) in [6, 6.07) is 5.60. The predicted molar refractivity (Wildman–Crippen MR) is 92.1 cm³/mol. The van der Waals surface area contributed by atoms with Crippen LogP contribution in [0.5, 0.6) is 0 Å². The summed E-state index contributed by atoms with van der Waals surface area (Å²) in [4.78, 5) is 12.2. The van der Waals surface area contributed by atoms with Gasteiger partial charge in [-0.25, -0.2) is 0 Å².